The van der Waals surface area contributed by atoms with Gasteiger partial charge < -0.3 is 0 Å². The summed E-state index contributed by atoms with van der Waals surface area (Å²) in [5, 5.41) is 10.1. The van der Waals surface area contributed by atoms with Crippen LogP contribution in [0.5, 0.6) is 0 Å². The maximum Gasteiger partial charge on any atom is 0.196 e. The van der Waals surface area contributed by atoms with Crippen molar-refractivity contribution in [1.82, 2.24) is 14.8 Å². The summed E-state index contributed by atoms with van der Waals surface area (Å²) < 4.78 is 2.03. The van der Waals surface area contributed by atoms with Crippen LogP contribution in [0.25, 0.3) is 5.69 Å². The van der Waals surface area contributed by atoms with E-state index in [1.807, 2.05) is 22.8 Å². The average molecular weight is 434 g/mol. The quantitative estimate of drug-likeness (QED) is 0.273. The van der Waals surface area contributed by atoms with E-state index in [9.17, 15) is 4.79 Å². The van der Waals surface area contributed by atoms with E-state index >= 15 is 0 Å². The molecule has 0 aliphatic heterocycles. The minimum absolute atomic E-state index is 0.0275. The molecule has 0 amide bonds. The number of aromatic nitrogens is 3. The number of carbonyl (C=O) groups is 1. The van der Waals surface area contributed by atoms with Gasteiger partial charge in [0.05, 0.1) is 5.75 Å². The van der Waals surface area contributed by atoms with Gasteiger partial charge in [0.1, 0.15) is 5.82 Å². The molecule has 1 heterocycles. The first-order chi connectivity index (χ1) is 14.6. The molecule has 0 atom stereocenters. The number of thioether (sulfide) groups is 1. The van der Waals surface area contributed by atoms with Gasteiger partial charge in [-0.15, -0.1) is 10.2 Å². The maximum atomic E-state index is 12.6. The second kappa shape index (κ2) is 9.28. The molecule has 4 aromatic rings. The van der Waals surface area contributed by atoms with Gasteiger partial charge in [-0.05, 0) is 48.9 Å². The summed E-state index contributed by atoms with van der Waals surface area (Å²) >= 11 is 7.31. The standard InChI is InChI=1S/C24H20ClN3OS/c1-17-7-13-21(14-8-17)28-23(15-18-5-3-2-4-6-18)26-27-24(28)30-16-22(29)19-9-11-20(25)12-10-19/h2-14H,15-16H2,1H3. The van der Waals surface area contributed by atoms with E-state index in [0.717, 1.165) is 17.1 Å². The Kier molecular flexibility index (Phi) is 6.31. The van der Waals surface area contributed by atoms with E-state index in [-0.39, 0.29) is 11.5 Å². The van der Waals surface area contributed by atoms with E-state index in [1.54, 1.807) is 24.3 Å². The van der Waals surface area contributed by atoms with Crippen molar-refractivity contribution in [2.75, 3.05) is 5.75 Å². The van der Waals surface area contributed by atoms with Crippen molar-refractivity contribution in [3.05, 3.63) is 106 Å². The molecule has 0 saturated heterocycles. The molecular weight excluding hydrogens is 414 g/mol. The van der Waals surface area contributed by atoms with Crippen molar-refractivity contribution >= 4 is 29.1 Å². The lowest BCUT2D eigenvalue weighted by molar-refractivity contribution is 0.102. The van der Waals surface area contributed by atoms with Crippen molar-refractivity contribution in [2.45, 2.75) is 18.5 Å². The molecule has 0 saturated carbocycles. The number of rotatable bonds is 7. The lowest BCUT2D eigenvalue weighted by Crippen LogP contribution is -2.06. The molecule has 1 aromatic heterocycles. The zero-order chi connectivity index (χ0) is 20.9. The monoisotopic (exact) mass is 433 g/mol. The van der Waals surface area contributed by atoms with Gasteiger partial charge in [0.2, 0.25) is 0 Å². The van der Waals surface area contributed by atoms with Crippen LogP contribution >= 0.6 is 23.4 Å². The van der Waals surface area contributed by atoms with Crippen molar-refractivity contribution < 1.29 is 4.79 Å². The van der Waals surface area contributed by atoms with Crippen LogP contribution in [0.4, 0.5) is 0 Å². The molecule has 3 aromatic carbocycles. The first-order valence-electron chi connectivity index (χ1n) is 9.57. The lowest BCUT2D eigenvalue weighted by atomic mass is 10.1. The summed E-state index contributed by atoms with van der Waals surface area (Å²) in [6, 6.07) is 25.4. The van der Waals surface area contributed by atoms with Crippen LogP contribution in [0.15, 0.2) is 84.0 Å². The van der Waals surface area contributed by atoms with Crippen molar-refractivity contribution in [1.29, 1.82) is 0 Å². The molecule has 0 N–H and O–H groups in total. The normalized spacial score (nSPS) is 10.9. The van der Waals surface area contributed by atoms with Crippen LogP contribution in [-0.2, 0) is 6.42 Å². The fourth-order valence-corrected chi connectivity index (χ4v) is 4.08. The Morgan fingerprint density at radius 2 is 1.63 bits per heavy atom. The molecule has 0 unspecified atom stereocenters. The molecule has 0 aliphatic carbocycles. The molecular formula is C24H20ClN3OS. The topological polar surface area (TPSA) is 47.8 Å². The van der Waals surface area contributed by atoms with Gasteiger partial charge in [0, 0.05) is 22.7 Å². The zero-order valence-electron chi connectivity index (χ0n) is 16.5. The van der Waals surface area contributed by atoms with Gasteiger partial charge in [-0.25, -0.2) is 0 Å². The van der Waals surface area contributed by atoms with E-state index in [2.05, 4.69) is 53.5 Å². The molecule has 6 heteroatoms. The Balaban J connectivity index is 1.61. The molecule has 0 bridgehead atoms. The van der Waals surface area contributed by atoms with Crippen molar-refractivity contribution in [3.8, 4) is 5.69 Å². The van der Waals surface area contributed by atoms with Crippen LogP contribution in [-0.4, -0.2) is 26.3 Å². The number of hydrogen-bond acceptors (Lipinski definition) is 4. The maximum absolute atomic E-state index is 12.6. The largest absolute Gasteiger partial charge is 0.293 e. The van der Waals surface area contributed by atoms with E-state index in [1.165, 1.54) is 17.3 Å². The summed E-state index contributed by atoms with van der Waals surface area (Å²) in [5.41, 5.74) is 3.96. The van der Waals surface area contributed by atoms with Crippen molar-refractivity contribution in [3.63, 3.8) is 0 Å². The second-order valence-corrected chi connectivity index (χ2v) is 8.33. The van der Waals surface area contributed by atoms with Crippen molar-refractivity contribution in [2.24, 2.45) is 0 Å². The number of ketones is 1. The third kappa shape index (κ3) is 4.81. The minimum Gasteiger partial charge on any atom is -0.293 e. The highest BCUT2D eigenvalue weighted by molar-refractivity contribution is 7.99. The molecule has 4 nitrogen and oxygen atoms in total. The van der Waals surface area contributed by atoms with Crippen LogP contribution in [0.3, 0.4) is 0 Å². The minimum atomic E-state index is 0.0275. The van der Waals surface area contributed by atoms with Gasteiger partial charge in [-0.2, -0.15) is 0 Å². The summed E-state index contributed by atoms with van der Waals surface area (Å²) in [6.45, 7) is 2.06. The fourth-order valence-electron chi connectivity index (χ4n) is 3.09. The number of carbonyl (C=O) groups excluding carboxylic acids is 1. The average Bonchev–Trinajstić information content (AvgIpc) is 3.16. The van der Waals surface area contributed by atoms with Crippen LogP contribution < -0.4 is 0 Å². The van der Waals surface area contributed by atoms with Crippen LogP contribution in [0, 0.1) is 6.92 Å². The molecule has 4 rings (SSSR count). The molecule has 0 spiro atoms. The summed E-state index contributed by atoms with van der Waals surface area (Å²) in [7, 11) is 0. The van der Waals surface area contributed by atoms with Gasteiger partial charge in [-0.3, -0.25) is 9.36 Å². The Hall–Kier alpha value is -2.89. The number of benzene rings is 3. The molecule has 0 fully saturated rings. The molecule has 0 radical (unpaired) electrons. The lowest BCUT2D eigenvalue weighted by Gasteiger charge is -2.11. The molecule has 150 valence electrons. The first kappa shape index (κ1) is 20.4. The third-order valence-electron chi connectivity index (χ3n) is 4.70. The third-order valence-corrected chi connectivity index (χ3v) is 5.88. The van der Waals surface area contributed by atoms with Crippen LogP contribution in [0.2, 0.25) is 5.02 Å². The fraction of sp³-hybridized carbons (Fsp3) is 0.125. The molecule has 0 aliphatic rings. The van der Waals surface area contributed by atoms with Gasteiger partial charge in [0.25, 0.3) is 0 Å². The predicted molar refractivity (Wildman–Crippen MR) is 122 cm³/mol. The van der Waals surface area contributed by atoms with E-state index in [0.29, 0.717) is 22.2 Å². The number of aryl methyl sites for hydroxylation is 1. The van der Waals surface area contributed by atoms with E-state index < -0.39 is 0 Å². The SMILES string of the molecule is Cc1ccc(-n2c(Cc3ccccc3)nnc2SCC(=O)c2ccc(Cl)cc2)cc1. The van der Waals surface area contributed by atoms with Crippen LogP contribution in [0.1, 0.15) is 27.3 Å². The Bertz CT molecular complexity index is 1140. The predicted octanol–water partition coefficient (Wildman–Crippen LogP) is 5.79. The summed E-state index contributed by atoms with van der Waals surface area (Å²) in [4.78, 5) is 12.6. The highest BCUT2D eigenvalue weighted by atomic mass is 35.5. The van der Waals surface area contributed by atoms with Gasteiger partial charge in [0.15, 0.2) is 10.9 Å². The smallest absolute Gasteiger partial charge is 0.196 e. The Labute approximate surface area is 184 Å². The number of halogens is 1. The number of hydrogen-bond donors (Lipinski definition) is 0. The highest BCUT2D eigenvalue weighted by Crippen LogP contribution is 2.25. The number of Topliss-reactive ketones (excluding diaryl/α,β-unsaturated/α-hetero) is 1. The first-order valence-corrected chi connectivity index (χ1v) is 10.9. The summed E-state index contributed by atoms with van der Waals surface area (Å²) in [5.74, 6) is 1.14. The van der Waals surface area contributed by atoms with E-state index in [4.69, 9.17) is 11.6 Å². The highest BCUT2D eigenvalue weighted by Gasteiger charge is 2.17. The Morgan fingerprint density at radius 1 is 0.933 bits per heavy atom. The van der Waals surface area contributed by atoms with Gasteiger partial charge in [-0.1, -0.05) is 71.4 Å². The molecule has 30 heavy (non-hydrogen) atoms. The number of nitrogens with zero attached hydrogens (tertiary/aromatic N) is 3. The second-order valence-electron chi connectivity index (χ2n) is 6.95. The zero-order valence-corrected chi connectivity index (χ0v) is 18.0. The Morgan fingerprint density at radius 3 is 2.33 bits per heavy atom. The van der Waals surface area contributed by atoms with Gasteiger partial charge >= 0.3 is 0 Å². The summed E-state index contributed by atoms with van der Waals surface area (Å²) in [6.07, 6.45) is 0.660.